The zero-order valence-electron chi connectivity index (χ0n) is 8.82. The van der Waals surface area contributed by atoms with E-state index in [1.807, 2.05) is 0 Å². The molecule has 0 aromatic rings. The van der Waals surface area contributed by atoms with Gasteiger partial charge in [-0.15, -0.1) is 0 Å². The van der Waals surface area contributed by atoms with Crippen molar-refractivity contribution in [2.24, 2.45) is 16.7 Å². The van der Waals surface area contributed by atoms with Crippen LogP contribution >= 0.6 is 0 Å². The van der Waals surface area contributed by atoms with Crippen LogP contribution in [0.5, 0.6) is 0 Å². The quantitative estimate of drug-likeness (QED) is 0.552. The second-order valence-corrected chi connectivity index (χ2v) is 5.81. The molecule has 0 amide bonds. The van der Waals surface area contributed by atoms with Gasteiger partial charge in [-0.05, 0) is 55.3 Å². The molecule has 0 nitrogen and oxygen atoms in total. The van der Waals surface area contributed by atoms with Crippen LogP contribution in [-0.2, 0) is 0 Å². The van der Waals surface area contributed by atoms with Crippen molar-refractivity contribution in [3.05, 3.63) is 0 Å². The first-order valence-electron chi connectivity index (χ1n) is 5.56. The Balaban J connectivity index is 1.96. The summed E-state index contributed by atoms with van der Waals surface area (Å²) in [6.45, 7) is 7.28. The average Bonchev–Trinajstić information content (AvgIpc) is 2.77. The first kappa shape index (κ1) is 8.59. The fourth-order valence-corrected chi connectivity index (χ4v) is 2.61. The van der Waals surface area contributed by atoms with E-state index in [-0.39, 0.29) is 0 Å². The Labute approximate surface area is 76.7 Å². The molecule has 0 N–H and O–H groups in total. The van der Waals surface area contributed by atoms with Gasteiger partial charge in [0.1, 0.15) is 0 Å². The monoisotopic (exact) mass is 166 g/mol. The molecule has 2 fully saturated rings. The number of hydrogen-bond acceptors (Lipinski definition) is 0. The van der Waals surface area contributed by atoms with E-state index in [0.717, 1.165) is 11.3 Å². The molecule has 70 valence electrons. The Morgan fingerprint density at radius 2 is 1.25 bits per heavy atom. The molecule has 0 radical (unpaired) electrons. The lowest BCUT2D eigenvalue weighted by atomic mass is 9.65. The van der Waals surface area contributed by atoms with Gasteiger partial charge in [0.05, 0.1) is 0 Å². The second kappa shape index (κ2) is 2.49. The summed E-state index contributed by atoms with van der Waals surface area (Å²) in [6.07, 6.45) is 9.13. The van der Waals surface area contributed by atoms with Crippen molar-refractivity contribution >= 4 is 0 Å². The molecule has 2 aliphatic carbocycles. The van der Waals surface area contributed by atoms with Gasteiger partial charge in [0, 0.05) is 0 Å². The summed E-state index contributed by atoms with van der Waals surface area (Å²) in [4.78, 5) is 0. The summed E-state index contributed by atoms with van der Waals surface area (Å²) in [6, 6.07) is 0. The smallest absolute Gasteiger partial charge is 0.0297 e. The van der Waals surface area contributed by atoms with Crippen LogP contribution in [0.2, 0.25) is 0 Å². The van der Waals surface area contributed by atoms with E-state index < -0.39 is 0 Å². The van der Waals surface area contributed by atoms with E-state index >= 15 is 0 Å². The van der Waals surface area contributed by atoms with Gasteiger partial charge in [-0.2, -0.15) is 0 Å². The SMILES string of the molecule is CC(C)C1(C)CCC2(CC2)CC1. The predicted molar refractivity (Wildman–Crippen MR) is 53.1 cm³/mol. The molecule has 2 rings (SSSR count). The number of hydrogen-bond donors (Lipinski definition) is 0. The van der Waals surface area contributed by atoms with Gasteiger partial charge in [0.15, 0.2) is 0 Å². The van der Waals surface area contributed by atoms with Crippen molar-refractivity contribution < 1.29 is 0 Å². The molecule has 0 atom stereocenters. The van der Waals surface area contributed by atoms with E-state index in [2.05, 4.69) is 20.8 Å². The Morgan fingerprint density at radius 1 is 0.833 bits per heavy atom. The van der Waals surface area contributed by atoms with Gasteiger partial charge in [0.2, 0.25) is 0 Å². The standard InChI is InChI=1S/C12H22/c1-10(2)11(3)4-6-12(7-5-11)8-9-12/h10H,4-9H2,1-3H3. The van der Waals surface area contributed by atoms with Crippen LogP contribution < -0.4 is 0 Å². The van der Waals surface area contributed by atoms with Crippen LogP contribution in [-0.4, -0.2) is 0 Å². The van der Waals surface area contributed by atoms with Crippen molar-refractivity contribution in [2.75, 3.05) is 0 Å². The maximum absolute atomic E-state index is 2.49. The zero-order valence-corrected chi connectivity index (χ0v) is 8.82. The molecule has 2 aliphatic rings. The van der Waals surface area contributed by atoms with Crippen molar-refractivity contribution in [2.45, 2.75) is 59.3 Å². The van der Waals surface area contributed by atoms with Gasteiger partial charge in [-0.1, -0.05) is 20.8 Å². The minimum Gasteiger partial charge on any atom is -0.0623 e. The van der Waals surface area contributed by atoms with Crippen LogP contribution in [0.15, 0.2) is 0 Å². The van der Waals surface area contributed by atoms with Crippen molar-refractivity contribution in [3.8, 4) is 0 Å². The van der Waals surface area contributed by atoms with Crippen LogP contribution in [0.25, 0.3) is 0 Å². The highest BCUT2D eigenvalue weighted by atomic mass is 14.5. The molecular weight excluding hydrogens is 144 g/mol. The number of rotatable bonds is 1. The first-order chi connectivity index (χ1) is 5.56. The minimum atomic E-state index is 0.674. The lowest BCUT2D eigenvalue weighted by Gasteiger charge is -2.41. The largest absolute Gasteiger partial charge is 0.0623 e. The molecule has 1 spiro atoms. The van der Waals surface area contributed by atoms with Crippen LogP contribution in [0.3, 0.4) is 0 Å². The molecule has 12 heavy (non-hydrogen) atoms. The lowest BCUT2D eigenvalue weighted by Crippen LogP contribution is -2.29. The first-order valence-corrected chi connectivity index (χ1v) is 5.56. The van der Waals surface area contributed by atoms with Crippen molar-refractivity contribution in [1.29, 1.82) is 0 Å². The van der Waals surface area contributed by atoms with Gasteiger partial charge in [-0.3, -0.25) is 0 Å². The molecule has 0 heterocycles. The highest BCUT2D eigenvalue weighted by Crippen LogP contribution is 2.60. The Hall–Kier alpha value is 0. The highest BCUT2D eigenvalue weighted by Gasteiger charge is 2.48. The molecule has 0 heteroatoms. The summed E-state index contributed by atoms with van der Waals surface area (Å²) < 4.78 is 0. The van der Waals surface area contributed by atoms with E-state index in [9.17, 15) is 0 Å². The molecular formula is C12H22. The molecule has 0 aliphatic heterocycles. The Morgan fingerprint density at radius 3 is 1.58 bits per heavy atom. The van der Waals surface area contributed by atoms with Crippen LogP contribution in [0, 0.1) is 16.7 Å². The molecule has 2 saturated carbocycles. The third-order valence-electron chi connectivity index (χ3n) is 4.80. The highest BCUT2D eigenvalue weighted by molar-refractivity contribution is 4.99. The summed E-state index contributed by atoms with van der Waals surface area (Å²) in [7, 11) is 0. The molecule has 0 aromatic carbocycles. The molecule has 0 bridgehead atoms. The van der Waals surface area contributed by atoms with Crippen LogP contribution in [0.1, 0.15) is 59.3 Å². The Kier molecular flexibility index (Phi) is 1.79. The normalized spacial score (nSPS) is 31.0. The van der Waals surface area contributed by atoms with E-state index in [0.29, 0.717) is 5.41 Å². The minimum absolute atomic E-state index is 0.674. The summed E-state index contributed by atoms with van der Waals surface area (Å²) in [5.74, 6) is 0.883. The van der Waals surface area contributed by atoms with Crippen molar-refractivity contribution in [3.63, 3.8) is 0 Å². The van der Waals surface area contributed by atoms with Crippen molar-refractivity contribution in [1.82, 2.24) is 0 Å². The van der Waals surface area contributed by atoms with E-state index in [1.54, 1.807) is 12.8 Å². The lowest BCUT2D eigenvalue weighted by molar-refractivity contribution is 0.103. The predicted octanol–water partition coefficient (Wildman–Crippen LogP) is 4.00. The van der Waals surface area contributed by atoms with Gasteiger partial charge in [-0.25, -0.2) is 0 Å². The van der Waals surface area contributed by atoms with E-state index in [1.165, 1.54) is 25.7 Å². The summed E-state index contributed by atoms with van der Waals surface area (Å²) in [5.41, 5.74) is 1.54. The maximum atomic E-state index is 2.49. The summed E-state index contributed by atoms with van der Waals surface area (Å²) in [5, 5.41) is 0. The third kappa shape index (κ3) is 1.30. The maximum Gasteiger partial charge on any atom is -0.0297 e. The molecule has 0 unspecified atom stereocenters. The fourth-order valence-electron chi connectivity index (χ4n) is 2.61. The van der Waals surface area contributed by atoms with E-state index in [4.69, 9.17) is 0 Å². The fraction of sp³-hybridized carbons (Fsp3) is 1.00. The topological polar surface area (TPSA) is 0 Å². The van der Waals surface area contributed by atoms with Gasteiger partial charge in [0.25, 0.3) is 0 Å². The molecule has 0 aromatic heterocycles. The van der Waals surface area contributed by atoms with Gasteiger partial charge < -0.3 is 0 Å². The summed E-state index contributed by atoms with van der Waals surface area (Å²) >= 11 is 0. The average molecular weight is 166 g/mol. The second-order valence-electron chi connectivity index (χ2n) is 5.81. The molecule has 0 saturated heterocycles. The zero-order chi connectivity index (χ0) is 8.82. The third-order valence-corrected chi connectivity index (χ3v) is 4.80. The van der Waals surface area contributed by atoms with Crippen LogP contribution in [0.4, 0.5) is 0 Å². The van der Waals surface area contributed by atoms with Gasteiger partial charge >= 0.3 is 0 Å². The Bertz CT molecular complexity index is 164.